The van der Waals surface area contributed by atoms with Crippen molar-refractivity contribution in [1.82, 2.24) is 14.9 Å². The number of benzene rings is 2. The summed E-state index contributed by atoms with van der Waals surface area (Å²) in [5, 5.41) is 12.7. The number of nitrogens with zero attached hydrogens (tertiary/aromatic N) is 3. The molecule has 1 aromatic heterocycles. The first kappa shape index (κ1) is 13.3. The van der Waals surface area contributed by atoms with Crippen molar-refractivity contribution >= 4 is 11.0 Å². The molecular formula is C17H16N4. The summed E-state index contributed by atoms with van der Waals surface area (Å²) in [4.78, 5) is 4.38. The Labute approximate surface area is 123 Å². The molecule has 2 aromatic carbocycles. The zero-order valence-electron chi connectivity index (χ0n) is 11.9. The van der Waals surface area contributed by atoms with Gasteiger partial charge in [-0.2, -0.15) is 5.26 Å². The molecule has 0 radical (unpaired) electrons. The molecule has 0 aliphatic heterocycles. The molecule has 0 atom stereocenters. The van der Waals surface area contributed by atoms with Crippen LogP contribution in [0.3, 0.4) is 0 Å². The van der Waals surface area contributed by atoms with E-state index in [0.717, 1.165) is 35.4 Å². The van der Waals surface area contributed by atoms with E-state index >= 15 is 0 Å². The van der Waals surface area contributed by atoms with E-state index in [1.165, 1.54) is 0 Å². The summed E-state index contributed by atoms with van der Waals surface area (Å²) >= 11 is 0. The van der Waals surface area contributed by atoms with Crippen LogP contribution in [-0.4, -0.2) is 16.1 Å². The van der Waals surface area contributed by atoms with E-state index < -0.39 is 0 Å². The highest BCUT2D eigenvalue weighted by atomic mass is 15.0. The highest BCUT2D eigenvalue weighted by molar-refractivity contribution is 5.77. The minimum Gasteiger partial charge on any atom is -0.313 e. The van der Waals surface area contributed by atoms with Crippen molar-refractivity contribution in [3.63, 3.8) is 0 Å². The molecule has 4 heteroatoms. The van der Waals surface area contributed by atoms with Gasteiger partial charge < -0.3 is 5.32 Å². The summed E-state index contributed by atoms with van der Waals surface area (Å²) in [6, 6.07) is 16.2. The summed E-state index contributed by atoms with van der Waals surface area (Å²) in [6.07, 6.45) is 1.77. The molecule has 1 heterocycles. The minimum atomic E-state index is 0.661. The summed E-state index contributed by atoms with van der Waals surface area (Å²) in [6.45, 7) is 3.75. The number of nitriles is 1. The van der Waals surface area contributed by atoms with Crippen molar-refractivity contribution in [2.24, 2.45) is 0 Å². The van der Waals surface area contributed by atoms with Crippen LogP contribution in [0.25, 0.3) is 16.7 Å². The van der Waals surface area contributed by atoms with Crippen LogP contribution >= 0.6 is 0 Å². The van der Waals surface area contributed by atoms with Crippen molar-refractivity contribution in [3.8, 4) is 11.8 Å². The van der Waals surface area contributed by atoms with Crippen LogP contribution < -0.4 is 5.32 Å². The predicted molar refractivity (Wildman–Crippen MR) is 83.2 cm³/mol. The first-order valence-corrected chi connectivity index (χ1v) is 6.99. The third kappa shape index (κ3) is 2.51. The average molecular weight is 276 g/mol. The number of para-hydroxylation sites is 2. The molecule has 0 saturated heterocycles. The van der Waals surface area contributed by atoms with Gasteiger partial charge in [-0.3, -0.25) is 4.57 Å². The molecule has 104 valence electrons. The van der Waals surface area contributed by atoms with Gasteiger partial charge in [-0.15, -0.1) is 0 Å². The largest absolute Gasteiger partial charge is 0.313 e. The zero-order valence-corrected chi connectivity index (χ0v) is 11.9. The fourth-order valence-electron chi connectivity index (χ4n) is 2.41. The number of nitrogens with one attached hydrogen (secondary N) is 1. The molecule has 0 fully saturated rings. The lowest BCUT2D eigenvalue weighted by molar-refractivity contribution is 0.726. The van der Waals surface area contributed by atoms with Crippen LogP contribution in [0.1, 0.15) is 18.1 Å². The molecule has 3 aromatic rings. The van der Waals surface area contributed by atoms with Gasteiger partial charge in [-0.1, -0.05) is 25.1 Å². The normalized spacial score (nSPS) is 10.7. The second kappa shape index (κ2) is 5.78. The van der Waals surface area contributed by atoms with Gasteiger partial charge in [0.2, 0.25) is 0 Å². The van der Waals surface area contributed by atoms with Gasteiger partial charge in [0.05, 0.1) is 22.3 Å². The molecule has 0 aliphatic carbocycles. The van der Waals surface area contributed by atoms with Crippen LogP contribution in [0.5, 0.6) is 0 Å². The summed E-state index contributed by atoms with van der Waals surface area (Å²) in [5.74, 6) is 0. The quantitative estimate of drug-likeness (QED) is 0.797. The second-order valence-corrected chi connectivity index (χ2v) is 4.85. The highest BCUT2D eigenvalue weighted by Crippen LogP contribution is 2.21. The van der Waals surface area contributed by atoms with Crippen molar-refractivity contribution in [2.75, 3.05) is 6.54 Å². The Morgan fingerprint density at radius 1 is 1.24 bits per heavy atom. The van der Waals surface area contributed by atoms with E-state index in [-0.39, 0.29) is 0 Å². The maximum absolute atomic E-state index is 9.44. The molecule has 1 N–H and O–H groups in total. The topological polar surface area (TPSA) is 53.6 Å². The molecule has 0 saturated carbocycles. The van der Waals surface area contributed by atoms with Gasteiger partial charge in [-0.05, 0) is 36.4 Å². The highest BCUT2D eigenvalue weighted by Gasteiger charge is 2.09. The van der Waals surface area contributed by atoms with E-state index in [1.807, 2.05) is 47.0 Å². The Morgan fingerprint density at radius 3 is 2.90 bits per heavy atom. The van der Waals surface area contributed by atoms with Crippen LogP contribution in [0.4, 0.5) is 0 Å². The second-order valence-electron chi connectivity index (χ2n) is 4.85. The fourth-order valence-corrected chi connectivity index (χ4v) is 2.41. The smallest absolute Gasteiger partial charge is 0.101 e. The van der Waals surface area contributed by atoms with Gasteiger partial charge in [0.25, 0.3) is 0 Å². The monoisotopic (exact) mass is 276 g/mol. The van der Waals surface area contributed by atoms with Gasteiger partial charge in [0.15, 0.2) is 0 Å². The van der Waals surface area contributed by atoms with E-state index in [1.54, 1.807) is 6.33 Å². The van der Waals surface area contributed by atoms with E-state index in [9.17, 15) is 5.26 Å². The molecule has 3 rings (SSSR count). The Morgan fingerprint density at radius 2 is 2.10 bits per heavy atom. The maximum atomic E-state index is 9.44. The van der Waals surface area contributed by atoms with E-state index in [4.69, 9.17) is 0 Å². The number of fused-ring (bicyclic) bond motifs is 1. The molecule has 0 aliphatic rings. The first-order valence-electron chi connectivity index (χ1n) is 6.99. The predicted octanol–water partition coefficient (Wildman–Crippen LogP) is 3.01. The van der Waals surface area contributed by atoms with Crippen LogP contribution in [0.15, 0.2) is 48.8 Å². The number of hydrogen-bond donors (Lipinski definition) is 1. The number of aromatic nitrogens is 2. The molecule has 21 heavy (non-hydrogen) atoms. The van der Waals surface area contributed by atoms with E-state index in [2.05, 4.69) is 23.3 Å². The van der Waals surface area contributed by atoms with Gasteiger partial charge in [-0.25, -0.2) is 4.98 Å². The Hall–Kier alpha value is -2.64. The van der Waals surface area contributed by atoms with Gasteiger partial charge in [0, 0.05) is 6.54 Å². The molecule has 0 spiro atoms. The van der Waals surface area contributed by atoms with Gasteiger partial charge >= 0.3 is 0 Å². The lowest BCUT2D eigenvalue weighted by Gasteiger charge is -2.09. The molecular weight excluding hydrogens is 260 g/mol. The zero-order chi connectivity index (χ0) is 14.7. The van der Waals surface area contributed by atoms with Crippen LogP contribution in [0, 0.1) is 11.3 Å². The fraction of sp³-hybridized carbons (Fsp3) is 0.176. The molecule has 0 amide bonds. The summed E-state index contributed by atoms with van der Waals surface area (Å²) in [5.41, 5.74) is 4.58. The third-order valence-electron chi connectivity index (χ3n) is 3.47. The Balaban J connectivity index is 2.08. The first-order chi connectivity index (χ1) is 10.3. The van der Waals surface area contributed by atoms with Crippen molar-refractivity contribution in [2.45, 2.75) is 13.5 Å². The van der Waals surface area contributed by atoms with Crippen molar-refractivity contribution in [3.05, 3.63) is 59.9 Å². The molecule has 4 nitrogen and oxygen atoms in total. The van der Waals surface area contributed by atoms with Crippen molar-refractivity contribution in [1.29, 1.82) is 5.26 Å². The average Bonchev–Trinajstić information content (AvgIpc) is 2.96. The van der Waals surface area contributed by atoms with Gasteiger partial charge in [0.1, 0.15) is 12.4 Å². The minimum absolute atomic E-state index is 0.661. The lowest BCUT2D eigenvalue weighted by atomic mass is 10.1. The lowest BCUT2D eigenvalue weighted by Crippen LogP contribution is -2.12. The number of imidazole rings is 1. The maximum Gasteiger partial charge on any atom is 0.101 e. The number of hydrogen-bond acceptors (Lipinski definition) is 3. The molecule has 0 unspecified atom stereocenters. The van der Waals surface area contributed by atoms with Crippen LogP contribution in [-0.2, 0) is 6.54 Å². The van der Waals surface area contributed by atoms with E-state index in [0.29, 0.717) is 5.56 Å². The van der Waals surface area contributed by atoms with Crippen LogP contribution in [0.2, 0.25) is 0 Å². The SMILES string of the molecule is CCNCc1ccc(-n2cnc3ccccc32)c(C#N)c1. The van der Waals surface area contributed by atoms with Crippen molar-refractivity contribution < 1.29 is 0 Å². The summed E-state index contributed by atoms with van der Waals surface area (Å²) < 4.78 is 1.96. The Kier molecular flexibility index (Phi) is 3.67. The standard InChI is InChI=1S/C17H16N4/c1-2-19-11-13-7-8-16(14(9-13)10-18)21-12-20-15-5-3-4-6-17(15)21/h3-9,12,19H,2,11H2,1H3. The Bertz CT molecular complexity index is 811. The number of rotatable bonds is 4. The molecule has 0 bridgehead atoms. The third-order valence-corrected chi connectivity index (χ3v) is 3.47. The summed E-state index contributed by atoms with van der Waals surface area (Å²) in [7, 11) is 0.